The zero-order valence-corrected chi connectivity index (χ0v) is 38.3. The molecule has 7 aromatic rings. The van der Waals surface area contributed by atoms with Crippen molar-refractivity contribution in [2.24, 2.45) is 0 Å². The van der Waals surface area contributed by atoms with Crippen LogP contribution in [0.15, 0.2) is 152 Å². The van der Waals surface area contributed by atoms with Crippen molar-refractivity contribution in [1.82, 2.24) is 4.98 Å². The van der Waals surface area contributed by atoms with E-state index in [1.54, 1.807) is 0 Å². The minimum Gasteiger partial charge on any atom is -0.509 e. The Morgan fingerprint density at radius 1 is 0.533 bits per heavy atom. The number of aromatic nitrogens is 1. The molecule has 0 aliphatic carbocycles. The molecule has 0 N–H and O–H groups in total. The summed E-state index contributed by atoms with van der Waals surface area (Å²) >= 11 is 0. The van der Waals surface area contributed by atoms with E-state index in [9.17, 15) is 0 Å². The van der Waals surface area contributed by atoms with Crippen molar-refractivity contribution in [3.8, 4) is 22.6 Å². The van der Waals surface area contributed by atoms with Gasteiger partial charge < -0.3 is 19.4 Å². The second kappa shape index (κ2) is 16.8. The molecule has 0 saturated carbocycles. The van der Waals surface area contributed by atoms with Crippen LogP contribution in [0.2, 0.25) is 0 Å². The molecular weight excluding hydrogens is 916 g/mol. The van der Waals surface area contributed by atoms with E-state index in [2.05, 4.69) is 217 Å². The van der Waals surface area contributed by atoms with Crippen LogP contribution < -0.4 is 19.4 Å². The van der Waals surface area contributed by atoms with E-state index in [1.807, 2.05) is 30.5 Å². The normalized spacial score (nSPS) is 12.8. The van der Waals surface area contributed by atoms with Crippen molar-refractivity contribution in [3.63, 3.8) is 0 Å². The summed E-state index contributed by atoms with van der Waals surface area (Å²) in [5.74, 6) is 1.99. The Kier molecular flexibility index (Phi) is 11.9. The summed E-state index contributed by atoms with van der Waals surface area (Å²) in [5, 5.41) is 0. The molecule has 6 heteroatoms. The van der Waals surface area contributed by atoms with Crippen LogP contribution in [-0.2, 0) is 37.3 Å². The van der Waals surface area contributed by atoms with Crippen LogP contribution in [0.25, 0.3) is 11.1 Å². The van der Waals surface area contributed by atoms with Crippen molar-refractivity contribution >= 4 is 39.9 Å². The van der Waals surface area contributed by atoms with Crippen LogP contribution in [0, 0.1) is 18.8 Å². The summed E-state index contributed by atoms with van der Waals surface area (Å²) in [4.78, 5) is 11.5. The number of ether oxygens (including phenoxy) is 1. The molecule has 8 rings (SSSR count). The molecule has 5 nitrogen and oxygen atoms in total. The van der Waals surface area contributed by atoms with Crippen LogP contribution in [0.4, 0.5) is 39.9 Å². The fourth-order valence-corrected chi connectivity index (χ4v) is 7.45. The molecule has 1 aliphatic rings. The topological polar surface area (TPSA) is 31.8 Å². The van der Waals surface area contributed by atoms with E-state index in [-0.39, 0.29) is 37.3 Å². The van der Waals surface area contributed by atoms with Gasteiger partial charge in [-0.05, 0) is 81.0 Å². The fourth-order valence-electron chi connectivity index (χ4n) is 7.45. The van der Waals surface area contributed by atoms with Crippen molar-refractivity contribution in [1.29, 1.82) is 0 Å². The number of anilines is 7. The van der Waals surface area contributed by atoms with E-state index < -0.39 is 0 Å². The smallest absolute Gasteiger partial charge is 0.135 e. The summed E-state index contributed by atoms with van der Waals surface area (Å²) in [6, 6.07) is 58.2. The molecule has 0 radical (unpaired) electrons. The number of hydrogen-bond donors (Lipinski definition) is 0. The zero-order chi connectivity index (χ0) is 41.5. The van der Waals surface area contributed by atoms with Crippen LogP contribution in [-0.4, -0.2) is 4.98 Å². The molecule has 308 valence electrons. The van der Waals surface area contributed by atoms with E-state index in [0.717, 1.165) is 39.9 Å². The molecule has 2 heterocycles. The maximum absolute atomic E-state index is 6.60. The van der Waals surface area contributed by atoms with Crippen molar-refractivity contribution in [2.75, 3.05) is 14.7 Å². The van der Waals surface area contributed by atoms with Gasteiger partial charge in [0, 0.05) is 67.1 Å². The van der Waals surface area contributed by atoms with Gasteiger partial charge in [0.1, 0.15) is 5.82 Å². The van der Waals surface area contributed by atoms with Gasteiger partial charge in [0.25, 0.3) is 0 Å². The first-order chi connectivity index (χ1) is 28.1. The number of nitrogens with zero attached hydrogens (tertiary/aromatic N) is 4. The number of fused-ring (bicyclic) bond motifs is 1. The third-order valence-electron chi connectivity index (χ3n) is 10.9. The quantitative estimate of drug-likeness (QED) is 0.142. The largest absolute Gasteiger partial charge is 0.509 e. The predicted octanol–water partition coefficient (Wildman–Crippen LogP) is 14.9. The Morgan fingerprint density at radius 3 is 1.78 bits per heavy atom. The average Bonchev–Trinajstić information content (AvgIpc) is 3.60. The monoisotopic (exact) mass is 968 g/mol. The zero-order valence-electron chi connectivity index (χ0n) is 36.0. The van der Waals surface area contributed by atoms with Crippen molar-refractivity contribution in [3.05, 3.63) is 187 Å². The molecule has 0 amide bonds. The van der Waals surface area contributed by atoms with Gasteiger partial charge in [-0.3, -0.25) is 0 Å². The van der Waals surface area contributed by atoms with Gasteiger partial charge in [-0.15, -0.1) is 48.8 Å². The molecule has 0 atom stereocenters. The summed E-state index contributed by atoms with van der Waals surface area (Å²) in [5.41, 5.74) is 12.0. The van der Waals surface area contributed by atoms with Crippen molar-refractivity contribution in [2.45, 2.75) is 78.6 Å². The second-order valence-electron chi connectivity index (χ2n) is 18.4. The maximum Gasteiger partial charge on any atom is 0.135 e. The molecular formula is C54H53N4OPt-3. The second-order valence-corrected chi connectivity index (χ2v) is 18.4. The average molecular weight is 969 g/mol. The number of para-hydroxylation sites is 2. The van der Waals surface area contributed by atoms with E-state index in [1.165, 1.54) is 27.8 Å². The molecule has 0 spiro atoms. The number of hydrogen-bond acceptors (Lipinski definition) is 5. The summed E-state index contributed by atoms with van der Waals surface area (Å²) in [7, 11) is 0. The Bertz CT molecular complexity index is 2580. The molecule has 1 aliphatic heterocycles. The first-order valence-corrected chi connectivity index (χ1v) is 20.5. The Balaban J connectivity index is 0.00000544. The van der Waals surface area contributed by atoms with E-state index in [0.29, 0.717) is 11.5 Å². The first-order valence-electron chi connectivity index (χ1n) is 20.5. The predicted molar refractivity (Wildman–Crippen MR) is 246 cm³/mol. The van der Waals surface area contributed by atoms with Crippen LogP contribution in [0.3, 0.4) is 0 Å². The van der Waals surface area contributed by atoms with E-state index >= 15 is 0 Å². The van der Waals surface area contributed by atoms with Crippen molar-refractivity contribution < 1.29 is 25.8 Å². The molecule has 60 heavy (non-hydrogen) atoms. The van der Waals surface area contributed by atoms with E-state index in [4.69, 9.17) is 9.72 Å². The molecule has 0 fully saturated rings. The maximum atomic E-state index is 6.60. The minimum absolute atomic E-state index is 0. The van der Waals surface area contributed by atoms with Gasteiger partial charge in [-0.1, -0.05) is 135 Å². The minimum atomic E-state index is -0.0417. The molecule has 0 saturated heterocycles. The number of pyridine rings is 1. The van der Waals surface area contributed by atoms with Crippen LogP contribution >= 0.6 is 0 Å². The van der Waals surface area contributed by atoms with Crippen LogP contribution in [0.5, 0.6) is 11.5 Å². The Morgan fingerprint density at radius 2 is 1.12 bits per heavy atom. The summed E-state index contributed by atoms with van der Waals surface area (Å²) in [6.07, 6.45) is 1.89. The third kappa shape index (κ3) is 8.93. The van der Waals surface area contributed by atoms with Crippen LogP contribution in [0.1, 0.15) is 79.0 Å². The Hall–Kier alpha value is -5.64. The third-order valence-corrected chi connectivity index (χ3v) is 10.9. The SMILES string of the molecule is CC(C)(C)c1ccc(N(c2[c-]c(Oc3[c-]c(N4[CH-]N(c5cc(C(C)(C)C)ccc5-c5ccccc5)c5ccccc54)ccc3)ccc2)c2cc(C(C)(C)C)ccn2)cc1.[Pt]. The standard InChI is InChI=1S/C54H53N4O.Pt/c1-52(2,3)39-25-28-42(29-26-39)58(51-34-41(31-32-55-51)54(7,8)9)44-20-16-22-46(36-44)59-45-21-15-19-43(35-45)56-37-57(49-24-14-13-23-48(49)56)50-33-40(53(4,5)6)27-30-47(50)38-17-11-10-12-18-38;/h10-34,37H,1-9H3;/q-3;. The summed E-state index contributed by atoms with van der Waals surface area (Å²) in [6.45, 7) is 22.3. The molecule has 1 aromatic heterocycles. The fraction of sp³-hybridized carbons (Fsp3) is 0.222. The Labute approximate surface area is 372 Å². The number of rotatable bonds is 8. The van der Waals surface area contributed by atoms with Gasteiger partial charge in [0.05, 0.1) is 0 Å². The molecule has 6 aromatic carbocycles. The van der Waals surface area contributed by atoms with Gasteiger partial charge in [-0.2, -0.15) is 12.1 Å². The first kappa shape index (κ1) is 42.5. The molecule has 0 unspecified atom stereocenters. The van der Waals surface area contributed by atoms with Gasteiger partial charge >= 0.3 is 0 Å². The summed E-state index contributed by atoms with van der Waals surface area (Å²) < 4.78 is 6.60. The van der Waals surface area contributed by atoms with Gasteiger partial charge in [0.2, 0.25) is 0 Å². The molecule has 0 bridgehead atoms. The van der Waals surface area contributed by atoms with Gasteiger partial charge in [-0.25, -0.2) is 4.98 Å². The number of benzene rings is 6. The van der Waals surface area contributed by atoms with Gasteiger partial charge in [0.15, 0.2) is 0 Å².